The molecule has 1 aromatic carbocycles. The first kappa shape index (κ1) is 9.92. The van der Waals surface area contributed by atoms with Crippen LogP contribution in [0.15, 0.2) is 18.2 Å². The van der Waals surface area contributed by atoms with Crippen molar-refractivity contribution in [3.05, 3.63) is 29.6 Å². The number of methoxy groups -OCH3 is 1. The van der Waals surface area contributed by atoms with Crippen LogP contribution in [0.1, 0.15) is 5.56 Å². The molecule has 0 amide bonds. The summed E-state index contributed by atoms with van der Waals surface area (Å²) in [6.45, 7) is 0. The first-order chi connectivity index (χ1) is 6.13. The fourth-order valence-corrected chi connectivity index (χ4v) is 1.18. The van der Waals surface area contributed by atoms with Crippen molar-refractivity contribution in [2.45, 2.75) is 6.42 Å². The van der Waals surface area contributed by atoms with Crippen molar-refractivity contribution in [3.8, 4) is 5.75 Å². The van der Waals surface area contributed by atoms with Gasteiger partial charge in [0.2, 0.25) is 0 Å². The van der Waals surface area contributed by atoms with Crippen molar-refractivity contribution in [3.63, 3.8) is 0 Å². The molecule has 2 nitrogen and oxygen atoms in total. The summed E-state index contributed by atoms with van der Waals surface area (Å²) < 4.78 is 17.7. The van der Waals surface area contributed by atoms with E-state index in [1.165, 1.54) is 13.2 Å². The zero-order valence-corrected chi connectivity index (χ0v) is 8.03. The van der Waals surface area contributed by atoms with Crippen LogP contribution in [0.25, 0.3) is 0 Å². The zero-order chi connectivity index (χ0) is 9.84. The van der Waals surface area contributed by atoms with Gasteiger partial charge < -0.3 is 10.5 Å². The third-order valence-electron chi connectivity index (χ3n) is 1.59. The van der Waals surface area contributed by atoms with Crippen LogP contribution in [0.3, 0.4) is 0 Å². The van der Waals surface area contributed by atoms with E-state index in [9.17, 15) is 4.39 Å². The highest BCUT2D eigenvalue weighted by Crippen LogP contribution is 2.18. The summed E-state index contributed by atoms with van der Waals surface area (Å²) in [5, 5.41) is 0. The van der Waals surface area contributed by atoms with Crippen molar-refractivity contribution >= 4 is 17.2 Å². The second kappa shape index (κ2) is 4.18. The summed E-state index contributed by atoms with van der Waals surface area (Å²) in [6.07, 6.45) is 0.464. The number of nitrogens with two attached hydrogens (primary N) is 1. The number of halogens is 1. The molecule has 0 fully saturated rings. The highest BCUT2D eigenvalue weighted by Gasteiger charge is 2.03. The average molecular weight is 199 g/mol. The van der Waals surface area contributed by atoms with Crippen LogP contribution >= 0.6 is 12.2 Å². The van der Waals surface area contributed by atoms with Crippen LogP contribution < -0.4 is 10.5 Å². The second-order valence-corrected chi connectivity index (χ2v) is 3.14. The van der Waals surface area contributed by atoms with Crippen molar-refractivity contribution in [2.24, 2.45) is 5.73 Å². The molecular formula is C9H10FNOS. The van der Waals surface area contributed by atoms with E-state index in [1.807, 2.05) is 0 Å². The van der Waals surface area contributed by atoms with Gasteiger partial charge in [-0.2, -0.15) is 0 Å². The summed E-state index contributed by atoms with van der Waals surface area (Å²) in [5.74, 6) is -0.164. The molecule has 0 aliphatic heterocycles. The van der Waals surface area contributed by atoms with E-state index in [0.717, 1.165) is 5.56 Å². The predicted octanol–water partition coefficient (Wildman–Crippen LogP) is 1.66. The Bertz CT molecular complexity index is 327. The van der Waals surface area contributed by atoms with Crippen LogP contribution in [-0.2, 0) is 6.42 Å². The minimum atomic E-state index is -0.380. The van der Waals surface area contributed by atoms with Gasteiger partial charge in [-0.3, -0.25) is 0 Å². The van der Waals surface area contributed by atoms with Gasteiger partial charge >= 0.3 is 0 Å². The Balaban J connectivity index is 2.92. The Labute approximate surface area is 81.5 Å². The first-order valence-electron chi connectivity index (χ1n) is 3.74. The number of benzene rings is 1. The van der Waals surface area contributed by atoms with E-state index >= 15 is 0 Å². The molecule has 0 unspecified atom stereocenters. The summed E-state index contributed by atoms with van der Waals surface area (Å²) in [6, 6.07) is 4.57. The monoisotopic (exact) mass is 199 g/mol. The highest BCUT2D eigenvalue weighted by molar-refractivity contribution is 7.80. The summed E-state index contributed by atoms with van der Waals surface area (Å²) in [7, 11) is 1.42. The number of hydrogen-bond acceptors (Lipinski definition) is 2. The van der Waals surface area contributed by atoms with Crippen molar-refractivity contribution in [1.29, 1.82) is 0 Å². The lowest BCUT2D eigenvalue weighted by Gasteiger charge is -2.04. The largest absolute Gasteiger partial charge is 0.494 e. The van der Waals surface area contributed by atoms with Gasteiger partial charge in [0.05, 0.1) is 12.1 Å². The lowest BCUT2D eigenvalue weighted by molar-refractivity contribution is 0.386. The van der Waals surface area contributed by atoms with Gasteiger partial charge in [-0.15, -0.1) is 0 Å². The van der Waals surface area contributed by atoms with Crippen LogP contribution in [0.4, 0.5) is 4.39 Å². The molecule has 0 aromatic heterocycles. The van der Waals surface area contributed by atoms with Crippen LogP contribution in [0.5, 0.6) is 5.75 Å². The Morgan fingerprint density at radius 2 is 2.31 bits per heavy atom. The molecule has 0 atom stereocenters. The van der Waals surface area contributed by atoms with Crippen molar-refractivity contribution in [1.82, 2.24) is 0 Å². The molecule has 0 spiro atoms. The molecule has 0 aliphatic carbocycles. The Morgan fingerprint density at radius 1 is 1.62 bits per heavy atom. The van der Waals surface area contributed by atoms with E-state index in [2.05, 4.69) is 0 Å². The average Bonchev–Trinajstić information content (AvgIpc) is 2.07. The lowest BCUT2D eigenvalue weighted by Crippen LogP contribution is -2.11. The van der Waals surface area contributed by atoms with Crippen LogP contribution in [0.2, 0.25) is 0 Å². The first-order valence-corrected chi connectivity index (χ1v) is 4.15. The van der Waals surface area contributed by atoms with Gasteiger partial charge in [0.1, 0.15) is 0 Å². The molecule has 70 valence electrons. The maximum atomic E-state index is 12.9. The Hall–Kier alpha value is -1.16. The molecule has 1 rings (SSSR count). The minimum Gasteiger partial charge on any atom is -0.494 e. The fourth-order valence-electron chi connectivity index (χ4n) is 1.02. The summed E-state index contributed by atoms with van der Waals surface area (Å²) in [5.41, 5.74) is 6.20. The second-order valence-electron chi connectivity index (χ2n) is 2.61. The summed E-state index contributed by atoms with van der Waals surface area (Å²) in [4.78, 5) is 0.383. The number of rotatable bonds is 3. The van der Waals surface area contributed by atoms with E-state index in [0.29, 0.717) is 11.4 Å². The van der Waals surface area contributed by atoms with Gasteiger partial charge in [-0.05, 0) is 17.7 Å². The molecule has 2 N–H and O–H groups in total. The van der Waals surface area contributed by atoms with Gasteiger partial charge in [0.25, 0.3) is 0 Å². The molecule has 0 aliphatic rings. The maximum absolute atomic E-state index is 12.9. The third kappa shape index (κ3) is 2.66. The van der Waals surface area contributed by atoms with Crippen molar-refractivity contribution in [2.75, 3.05) is 7.11 Å². The van der Waals surface area contributed by atoms with Gasteiger partial charge in [0, 0.05) is 6.42 Å². The molecule has 0 heterocycles. The Morgan fingerprint density at radius 3 is 2.85 bits per heavy atom. The molecule has 0 saturated heterocycles. The van der Waals surface area contributed by atoms with E-state index in [4.69, 9.17) is 22.7 Å². The van der Waals surface area contributed by atoms with E-state index in [1.54, 1.807) is 12.1 Å². The van der Waals surface area contributed by atoms with Gasteiger partial charge in [-0.25, -0.2) is 4.39 Å². The standard InChI is InChI=1S/C9H10FNOS/c1-12-8-4-6(5-9(11)13)2-3-7(8)10/h2-4H,5H2,1H3,(H2,11,13). The lowest BCUT2D eigenvalue weighted by atomic mass is 10.1. The number of ether oxygens (including phenoxy) is 1. The third-order valence-corrected chi connectivity index (χ3v) is 1.74. The van der Waals surface area contributed by atoms with Crippen LogP contribution in [0, 0.1) is 5.82 Å². The predicted molar refractivity (Wildman–Crippen MR) is 53.4 cm³/mol. The van der Waals surface area contributed by atoms with Crippen LogP contribution in [-0.4, -0.2) is 12.1 Å². The highest BCUT2D eigenvalue weighted by atomic mass is 32.1. The van der Waals surface area contributed by atoms with Crippen molar-refractivity contribution < 1.29 is 9.13 Å². The van der Waals surface area contributed by atoms with E-state index in [-0.39, 0.29) is 11.6 Å². The topological polar surface area (TPSA) is 35.2 Å². The molecule has 4 heteroatoms. The molecule has 0 radical (unpaired) electrons. The maximum Gasteiger partial charge on any atom is 0.165 e. The normalized spacial score (nSPS) is 9.69. The fraction of sp³-hybridized carbons (Fsp3) is 0.222. The quantitative estimate of drug-likeness (QED) is 0.752. The molecule has 13 heavy (non-hydrogen) atoms. The molecule has 0 saturated carbocycles. The SMILES string of the molecule is COc1cc(CC(N)=S)ccc1F. The van der Waals surface area contributed by atoms with E-state index < -0.39 is 0 Å². The summed E-state index contributed by atoms with van der Waals surface area (Å²) >= 11 is 4.73. The molecule has 0 bridgehead atoms. The Kier molecular flexibility index (Phi) is 3.19. The molecular weight excluding hydrogens is 189 g/mol. The molecule has 1 aromatic rings. The van der Waals surface area contributed by atoms with Gasteiger partial charge in [0.15, 0.2) is 11.6 Å². The smallest absolute Gasteiger partial charge is 0.165 e. The zero-order valence-electron chi connectivity index (χ0n) is 7.21. The number of hydrogen-bond donors (Lipinski definition) is 1. The minimum absolute atomic E-state index is 0.216. The number of thiocarbonyl (C=S) groups is 1. The van der Waals surface area contributed by atoms with Gasteiger partial charge in [-0.1, -0.05) is 18.3 Å².